The number of anilines is 2. The number of amides is 2. The van der Waals surface area contributed by atoms with Gasteiger partial charge in [-0.05, 0) is 43.3 Å². The van der Waals surface area contributed by atoms with Gasteiger partial charge < -0.3 is 19.7 Å². The normalized spacial score (nSPS) is 17.6. The standard InChI is InChI=1S/C22H21N5O4/c1-13-23-21(26-25-13)14-2-4-16(5-3-14)24-22(29)15-10-20(28)27(12-15)17-6-7-18-19(11-17)31-9-8-30-18/h2-7,11,15H,8-10,12H2,1H3,(H,24,29)(H,23,25,26). The molecule has 0 aliphatic carbocycles. The maximum absolute atomic E-state index is 12.8. The molecule has 1 fully saturated rings. The number of carbonyl (C=O) groups is 2. The number of aryl methyl sites for hydroxylation is 1. The van der Waals surface area contributed by atoms with Gasteiger partial charge in [0, 0.05) is 36.0 Å². The number of nitrogens with zero attached hydrogens (tertiary/aromatic N) is 3. The average Bonchev–Trinajstić information content (AvgIpc) is 3.40. The minimum Gasteiger partial charge on any atom is -0.486 e. The first kappa shape index (κ1) is 19.1. The molecule has 2 aliphatic rings. The maximum Gasteiger partial charge on any atom is 0.229 e. The third-order valence-corrected chi connectivity index (χ3v) is 5.34. The lowest BCUT2D eigenvalue weighted by molar-refractivity contribution is -0.122. The molecule has 158 valence electrons. The van der Waals surface area contributed by atoms with Gasteiger partial charge >= 0.3 is 0 Å². The zero-order valence-electron chi connectivity index (χ0n) is 16.9. The molecule has 3 aromatic rings. The molecule has 1 unspecified atom stereocenters. The number of hydrogen-bond donors (Lipinski definition) is 2. The van der Waals surface area contributed by atoms with Crippen molar-refractivity contribution in [3.63, 3.8) is 0 Å². The van der Waals surface area contributed by atoms with Crippen LogP contribution in [0.15, 0.2) is 42.5 Å². The van der Waals surface area contributed by atoms with Crippen molar-refractivity contribution in [3.05, 3.63) is 48.3 Å². The van der Waals surface area contributed by atoms with E-state index in [4.69, 9.17) is 9.47 Å². The van der Waals surface area contributed by atoms with Crippen LogP contribution in [-0.2, 0) is 9.59 Å². The van der Waals surface area contributed by atoms with Gasteiger partial charge in [0.15, 0.2) is 17.3 Å². The Morgan fingerprint density at radius 1 is 1.13 bits per heavy atom. The van der Waals surface area contributed by atoms with Crippen molar-refractivity contribution in [1.82, 2.24) is 15.2 Å². The van der Waals surface area contributed by atoms with Crippen LogP contribution in [-0.4, -0.2) is 46.8 Å². The van der Waals surface area contributed by atoms with Crippen LogP contribution in [0.4, 0.5) is 11.4 Å². The molecular weight excluding hydrogens is 398 g/mol. The molecule has 2 aromatic carbocycles. The van der Waals surface area contributed by atoms with E-state index in [1.807, 2.05) is 25.1 Å². The number of rotatable bonds is 4. The zero-order chi connectivity index (χ0) is 21.4. The lowest BCUT2D eigenvalue weighted by atomic mass is 10.1. The predicted molar refractivity (Wildman–Crippen MR) is 113 cm³/mol. The molecule has 9 nitrogen and oxygen atoms in total. The molecule has 0 bridgehead atoms. The molecular formula is C22H21N5O4. The molecule has 0 spiro atoms. The number of aromatic amines is 1. The van der Waals surface area contributed by atoms with E-state index in [0.29, 0.717) is 48.5 Å². The Bertz CT molecular complexity index is 1140. The predicted octanol–water partition coefficient (Wildman–Crippen LogP) is 2.54. The molecule has 2 N–H and O–H groups in total. The van der Waals surface area contributed by atoms with E-state index in [1.54, 1.807) is 29.2 Å². The van der Waals surface area contributed by atoms with E-state index in [-0.39, 0.29) is 18.2 Å². The summed E-state index contributed by atoms with van der Waals surface area (Å²) >= 11 is 0. The summed E-state index contributed by atoms with van der Waals surface area (Å²) in [6.07, 6.45) is 0.162. The van der Waals surface area contributed by atoms with Crippen molar-refractivity contribution in [2.24, 2.45) is 5.92 Å². The van der Waals surface area contributed by atoms with Crippen LogP contribution in [0.2, 0.25) is 0 Å². The highest BCUT2D eigenvalue weighted by atomic mass is 16.6. The van der Waals surface area contributed by atoms with E-state index in [2.05, 4.69) is 20.5 Å². The maximum atomic E-state index is 12.8. The summed E-state index contributed by atoms with van der Waals surface area (Å²) in [4.78, 5) is 31.2. The molecule has 2 amide bonds. The fourth-order valence-corrected chi connectivity index (χ4v) is 3.75. The Hall–Kier alpha value is -3.88. The highest BCUT2D eigenvalue weighted by Crippen LogP contribution is 2.36. The van der Waals surface area contributed by atoms with Gasteiger partial charge in [0.2, 0.25) is 11.8 Å². The van der Waals surface area contributed by atoms with Crippen molar-refractivity contribution in [3.8, 4) is 22.9 Å². The topological polar surface area (TPSA) is 109 Å². The molecule has 1 atom stereocenters. The molecule has 5 rings (SSSR count). The number of H-pyrrole nitrogens is 1. The number of aromatic nitrogens is 3. The minimum atomic E-state index is -0.434. The smallest absolute Gasteiger partial charge is 0.229 e. The van der Waals surface area contributed by atoms with Crippen LogP contribution in [0, 0.1) is 12.8 Å². The fourth-order valence-electron chi connectivity index (χ4n) is 3.75. The summed E-state index contributed by atoms with van der Waals surface area (Å²) in [5.41, 5.74) is 2.21. The van der Waals surface area contributed by atoms with Crippen molar-refractivity contribution in [2.75, 3.05) is 30.0 Å². The number of benzene rings is 2. The summed E-state index contributed by atoms with van der Waals surface area (Å²) in [6.45, 7) is 3.14. The van der Waals surface area contributed by atoms with Crippen LogP contribution < -0.4 is 19.7 Å². The SMILES string of the molecule is Cc1nc(-c2ccc(NC(=O)C3CC(=O)N(c4ccc5c(c4)OCCO5)C3)cc2)n[nH]1. The summed E-state index contributed by atoms with van der Waals surface area (Å²) < 4.78 is 11.1. The van der Waals surface area contributed by atoms with Gasteiger partial charge in [-0.25, -0.2) is 4.98 Å². The van der Waals surface area contributed by atoms with Gasteiger partial charge in [-0.3, -0.25) is 14.7 Å². The second kappa shape index (κ2) is 7.75. The molecule has 0 radical (unpaired) electrons. The molecule has 3 heterocycles. The highest BCUT2D eigenvalue weighted by Gasteiger charge is 2.35. The van der Waals surface area contributed by atoms with Crippen LogP contribution in [0.3, 0.4) is 0 Å². The largest absolute Gasteiger partial charge is 0.486 e. The van der Waals surface area contributed by atoms with Crippen LogP contribution >= 0.6 is 0 Å². The van der Waals surface area contributed by atoms with E-state index in [1.165, 1.54) is 0 Å². The Morgan fingerprint density at radius 3 is 2.65 bits per heavy atom. The van der Waals surface area contributed by atoms with E-state index < -0.39 is 5.92 Å². The van der Waals surface area contributed by atoms with Gasteiger partial charge in [0.1, 0.15) is 19.0 Å². The zero-order valence-corrected chi connectivity index (χ0v) is 16.9. The molecule has 2 aliphatic heterocycles. The third-order valence-electron chi connectivity index (χ3n) is 5.34. The molecule has 9 heteroatoms. The minimum absolute atomic E-state index is 0.0906. The molecule has 1 aromatic heterocycles. The van der Waals surface area contributed by atoms with Gasteiger partial charge in [0.05, 0.1) is 5.92 Å². The summed E-state index contributed by atoms with van der Waals surface area (Å²) in [5.74, 6) is 1.91. The van der Waals surface area contributed by atoms with Gasteiger partial charge in [-0.15, -0.1) is 0 Å². The second-order valence-electron chi connectivity index (χ2n) is 7.54. The summed E-state index contributed by atoms with van der Waals surface area (Å²) in [7, 11) is 0. The Balaban J connectivity index is 1.25. The average molecular weight is 419 g/mol. The Morgan fingerprint density at radius 2 is 1.90 bits per heavy atom. The first-order valence-electron chi connectivity index (χ1n) is 10.1. The van der Waals surface area contributed by atoms with Crippen LogP contribution in [0.5, 0.6) is 11.5 Å². The molecule has 31 heavy (non-hydrogen) atoms. The lowest BCUT2D eigenvalue weighted by Gasteiger charge is -2.22. The summed E-state index contributed by atoms with van der Waals surface area (Å²) in [5, 5.41) is 9.84. The monoisotopic (exact) mass is 419 g/mol. The number of ether oxygens (including phenoxy) is 2. The van der Waals surface area contributed by atoms with Crippen LogP contribution in [0.25, 0.3) is 11.4 Å². The molecule has 0 saturated carbocycles. The molecule has 1 saturated heterocycles. The second-order valence-corrected chi connectivity index (χ2v) is 7.54. The van der Waals surface area contributed by atoms with E-state index in [9.17, 15) is 9.59 Å². The first-order valence-corrected chi connectivity index (χ1v) is 10.1. The van der Waals surface area contributed by atoms with E-state index >= 15 is 0 Å². The number of carbonyl (C=O) groups excluding carboxylic acids is 2. The summed E-state index contributed by atoms with van der Waals surface area (Å²) in [6, 6.07) is 12.7. The van der Waals surface area contributed by atoms with E-state index in [0.717, 1.165) is 11.4 Å². The highest BCUT2D eigenvalue weighted by molar-refractivity contribution is 6.03. The number of nitrogens with one attached hydrogen (secondary N) is 2. The Labute approximate surface area is 178 Å². The lowest BCUT2D eigenvalue weighted by Crippen LogP contribution is -2.28. The van der Waals surface area contributed by atoms with Gasteiger partial charge in [-0.2, -0.15) is 5.10 Å². The van der Waals surface area contributed by atoms with Crippen LogP contribution in [0.1, 0.15) is 12.2 Å². The van der Waals surface area contributed by atoms with Crippen molar-refractivity contribution in [2.45, 2.75) is 13.3 Å². The van der Waals surface area contributed by atoms with Crippen molar-refractivity contribution >= 4 is 23.2 Å². The quantitative estimate of drug-likeness (QED) is 0.673. The fraction of sp³-hybridized carbons (Fsp3) is 0.273. The van der Waals surface area contributed by atoms with Gasteiger partial charge in [0.25, 0.3) is 0 Å². The van der Waals surface area contributed by atoms with Crippen molar-refractivity contribution < 1.29 is 19.1 Å². The number of fused-ring (bicyclic) bond motifs is 1. The first-order chi connectivity index (χ1) is 15.1. The number of hydrogen-bond acceptors (Lipinski definition) is 6. The van der Waals surface area contributed by atoms with Gasteiger partial charge in [-0.1, -0.05) is 0 Å². The third kappa shape index (κ3) is 3.81. The van der Waals surface area contributed by atoms with Crippen molar-refractivity contribution in [1.29, 1.82) is 0 Å². The Kier molecular flexibility index (Phi) is 4.78.